The zero-order chi connectivity index (χ0) is 48.4. The Morgan fingerprint density at radius 3 is 2.51 bits per heavy atom. The molecule has 0 amide bonds. The van der Waals surface area contributed by atoms with Gasteiger partial charge in [-0.2, -0.15) is 5.26 Å². The molecule has 0 saturated carbocycles. The number of rotatable bonds is 10. The molecule has 1 spiro atoms. The SMILES string of the molecule is C=CCN1[C@H]2c3c(cc(C)c(OC)c3O)C[C@H]1[C@H](C#N)N1C2[C@@H]2SC[C@]3(NCCc4cc(OC(=O)OC(C)(C)C)c(OC)cc43)C(=O)OC[C@@H]1c1c3c(c(C)c(OC(=O)CCCCC)c12)OCO3. The number of benzene rings is 3. The summed E-state index contributed by atoms with van der Waals surface area (Å²) in [5.74, 6) is 1.06. The number of nitrogens with one attached hydrogen (secondary N) is 1. The summed E-state index contributed by atoms with van der Waals surface area (Å²) in [6.45, 7) is 15.6. The number of thioether (sulfide) groups is 1. The maximum absolute atomic E-state index is 15.2. The number of phenolic OH excluding ortho intramolecular Hbond substituents is 1. The van der Waals surface area contributed by atoms with E-state index in [1.54, 1.807) is 32.9 Å². The topological polar surface area (TPSA) is 188 Å². The normalized spacial score (nSPS) is 25.7. The van der Waals surface area contributed by atoms with Crippen molar-refractivity contribution in [1.29, 1.82) is 5.26 Å². The standard InChI is InChI=1S/C51H60N4O12S/c1-10-12-13-14-36(56)66-44-27(4)45-46(64-25-63-45)38-33-23-62-48(58)51(30-21-34(60-8)35(20-28(30)15-16-53-51)65-49(59)67-50(5,6)7)24-68-47(39(38)44)41-40-37-29(18-26(3)43(61-9)42(37)57)19-31(54(40)17-11-2)32(22-52)55(33)41/h11,18,20-21,31-33,40-41,47,53,57H,2,10,12-17,19,23-25H2,1,3-9H3/t31-,32-,33+,40-,41?,47+,51+/m0/s1. The smallest absolute Gasteiger partial charge is 0.504 e. The average Bonchev–Trinajstić information content (AvgIpc) is 3.79. The van der Waals surface area contributed by atoms with Gasteiger partial charge in [-0.25, -0.2) is 9.59 Å². The van der Waals surface area contributed by atoms with E-state index in [2.05, 4.69) is 34.7 Å². The summed E-state index contributed by atoms with van der Waals surface area (Å²) >= 11 is 1.47. The van der Waals surface area contributed by atoms with Gasteiger partial charge in [0, 0.05) is 59.6 Å². The number of ether oxygens (including phenoxy) is 8. The lowest BCUT2D eigenvalue weighted by atomic mass is 9.71. The predicted octanol–water partition coefficient (Wildman–Crippen LogP) is 7.71. The number of fused-ring (bicyclic) bond motifs is 9. The summed E-state index contributed by atoms with van der Waals surface area (Å²) in [6.07, 6.45) is 4.47. The third-order valence-electron chi connectivity index (χ3n) is 14.1. The minimum Gasteiger partial charge on any atom is -0.504 e. The summed E-state index contributed by atoms with van der Waals surface area (Å²) in [4.78, 5) is 46.6. The number of phenols is 1. The van der Waals surface area contributed by atoms with E-state index in [9.17, 15) is 20.0 Å². The van der Waals surface area contributed by atoms with Crippen molar-refractivity contribution in [3.05, 3.63) is 75.4 Å². The van der Waals surface area contributed by atoms with E-state index in [1.165, 1.54) is 26.0 Å². The fourth-order valence-corrected chi connectivity index (χ4v) is 13.1. The molecule has 2 N–H and O–H groups in total. The zero-order valence-corrected chi connectivity index (χ0v) is 40.8. The highest BCUT2D eigenvalue weighted by atomic mass is 32.2. The van der Waals surface area contributed by atoms with E-state index in [4.69, 9.17) is 37.9 Å². The van der Waals surface area contributed by atoms with Gasteiger partial charge in [0.15, 0.2) is 40.0 Å². The number of hydrogen-bond acceptors (Lipinski definition) is 17. The van der Waals surface area contributed by atoms with Crippen LogP contribution in [0, 0.1) is 25.2 Å². The monoisotopic (exact) mass is 952 g/mol. The van der Waals surface area contributed by atoms with Crippen molar-refractivity contribution in [1.82, 2.24) is 15.1 Å². The van der Waals surface area contributed by atoms with Gasteiger partial charge in [-0.15, -0.1) is 18.3 Å². The van der Waals surface area contributed by atoms with Gasteiger partial charge >= 0.3 is 18.1 Å². The molecule has 1 unspecified atom stereocenters. The Morgan fingerprint density at radius 2 is 1.81 bits per heavy atom. The number of unbranched alkanes of at least 4 members (excludes halogenated alkanes) is 2. The van der Waals surface area contributed by atoms with Crippen LogP contribution in [0.2, 0.25) is 0 Å². The Hall–Kier alpha value is -5.67. The number of aryl methyl sites for hydroxylation is 1. The van der Waals surface area contributed by atoms with E-state index in [0.29, 0.717) is 83.2 Å². The number of methoxy groups -OCH3 is 2. The van der Waals surface area contributed by atoms with Crippen LogP contribution >= 0.6 is 11.8 Å². The number of nitrogens with zero attached hydrogens (tertiary/aromatic N) is 3. The second kappa shape index (κ2) is 18.3. The Labute approximate surface area is 401 Å². The molecule has 7 aliphatic rings. The molecule has 4 bridgehead atoms. The van der Waals surface area contributed by atoms with Crippen molar-refractivity contribution in [3.63, 3.8) is 0 Å². The van der Waals surface area contributed by atoms with Crippen LogP contribution in [0.3, 0.4) is 0 Å². The van der Waals surface area contributed by atoms with Gasteiger partial charge in [0.2, 0.25) is 6.79 Å². The molecule has 10 rings (SSSR count). The minimum atomic E-state index is -1.47. The third-order valence-corrected chi connectivity index (χ3v) is 15.6. The summed E-state index contributed by atoms with van der Waals surface area (Å²) < 4.78 is 48.5. The predicted molar refractivity (Wildman–Crippen MR) is 251 cm³/mol. The first kappa shape index (κ1) is 47.4. The molecule has 0 aromatic heterocycles. The molecule has 2 fully saturated rings. The second-order valence-electron chi connectivity index (χ2n) is 19.3. The molecule has 68 heavy (non-hydrogen) atoms. The van der Waals surface area contributed by atoms with Crippen molar-refractivity contribution in [2.24, 2.45) is 0 Å². The summed E-state index contributed by atoms with van der Waals surface area (Å²) in [5.41, 5.74) is 3.28. The first-order valence-corrected chi connectivity index (χ1v) is 24.4. The highest BCUT2D eigenvalue weighted by Crippen LogP contribution is 2.65. The summed E-state index contributed by atoms with van der Waals surface area (Å²) in [7, 11) is 3.00. The zero-order valence-electron chi connectivity index (χ0n) is 39.9. The fraction of sp³-hybridized carbons (Fsp3) is 0.529. The van der Waals surface area contributed by atoms with Crippen molar-refractivity contribution in [3.8, 4) is 46.3 Å². The van der Waals surface area contributed by atoms with Gasteiger partial charge in [0.05, 0.1) is 37.6 Å². The number of esters is 2. The minimum absolute atomic E-state index is 0.0141. The van der Waals surface area contributed by atoms with Gasteiger partial charge in [-0.1, -0.05) is 31.9 Å². The van der Waals surface area contributed by atoms with Gasteiger partial charge < -0.3 is 43.0 Å². The molecular formula is C51H60N4O12S. The Morgan fingerprint density at radius 1 is 1.03 bits per heavy atom. The first-order chi connectivity index (χ1) is 32.6. The van der Waals surface area contributed by atoms with Crippen molar-refractivity contribution in [2.75, 3.05) is 46.5 Å². The summed E-state index contributed by atoms with van der Waals surface area (Å²) in [5, 5.41) is 26.8. The van der Waals surface area contributed by atoms with Gasteiger partial charge in [-0.3, -0.25) is 19.9 Å². The molecule has 7 atom stereocenters. The van der Waals surface area contributed by atoms with Crippen LogP contribution in [-0.4, -0.2) is 103 Å². The van der Waals surface area contributed by atoms with Crippen molar-refractivity contribution < 1.29 is 57.4 Å². The van der Waals surface area contributed by atoms with Crippen LogP contribution in [0.4, 0.5) is 4.79 Å². The van der Waals surface area contributed by atoms with E-state index in [0.717, 1.165) is 29.5 Å². The van der Waals surface area contributed by atoms with Crippen LogP contribution < -0.4 is 33.7 Å². The number of hydrogen-bond donors (Lipinski definition) is 2. The highest BCUT2D eigenvalue weighted by molar-refractivity contribution is 7.99. The van der Waals surface area contributed by atoms with Crippen LogP contribution in [0.1, 0.15) is 115 Å². The lowest BCUT2D eigenvalue weighted by molar-refractivity contribution is -0.157. The molecule has 16 nitrogen and oxygen atoms in total. The molecule has 7 aliphatic heterocycles. The van der Waals surface area contributed by atoms with E-state index in [-0.39, 0.29) is 48.9 Å². The van der Waals surface area contributed by atoms with Crippen LogP contribution in [0.15, 0.2) is 30.9 Å². The Kier molecular flexibility index (Phi) is 12.8. The Bertz CT molecular complexity index is 2610. The molecule has 17 heteroatoms. The van der Waals surface area contributed by atoms with E-state index < -0.39 is 58.7 Å². The maximum Gasteiger partial charge on any atom is 0.514 e. The van der Waals surface area contributed by atoms with Gasteiger partial charge in [-0.05, 0) is 88.3 Å². The molecule has 0 aliphatic carbocycles. The lowest BCUT2D eigenvalue weighted by Crippen LogP contribution is -2.70. The largest absolute Gasteiger partial charge is 0.514 e. The molecule has 3 aromatic rings. The number of aromatic hydroxyl groups is 1. The first-order valence-electron chi connectivity index (χ1n) is 23.4. The third kappa shape index (κ3) is 7.77. The quantitative estimate of drug-likeness (QED) is 0.0661. The molecule has 362 valence electrons. The number of nitriles is 1. The summed E-state index contributed by atoms with van der Waals surface area (Å²) in [6, 6.07) is 5.02. The molecule has 7 heterocycles. The molecule has 3 aromatic carbocycles. The number of carbonyl (C=O) groups is 3. The van der Waals surface area contributed by atoms with Crippen molar-refractivity contribution >= 4 is 29.9 Å². The van der Waals surface area contributed by atoms with Crippen LogP contribution in [0.5, 0.6) is 40.2 Å². The maximum atomic E-state index is 15.2. The van der Waals surface area contributed by atoms with E-state index >= 15 is 4.79 Å². The van der Waals surface area contributed by atoms with Gasteiger partial charge in [0.1, 0.15) is 24.0 Å². The highest BCUT2D eigenvalue weighted by Gasteiger charge is 2.62. The Balaban J connectivity index is 1.28. The second-order valence-corrected chi connectivity index (χ2v) is 20.4. The molecule has 2 saturated heterocycles. The van der Waals surface area contributed by atoms with Crippen LogP contribution in [-0.2, 0) is 37.4 Å². The number of carbonyl (C=O) groups excluding carboxylic acids is 3. The van der Waals surface area contributed by atoms with Crippen molar-refractivity contribution in [2.45, 2.75) is 127 Å². The van der Waals surface area contributed by atoms with E-state index in [1.807, 2.05) is 26.0 Å². The number of piperazine rings is 1. The average molecular weight is 953 g/mol. The fourth-order valence-electron chi connectivity index (χ4n) is 11.4. The molecule has 0 radical (unpaired) electrons. The van der Waals surface area contributed by atoms with Gasteiger partial charge in [0.25, 0.3) is 0 Å². The lowest BCUT2D eigenvalue weighted by Gasteiger charge is -2.62. The van der Waals surface area contributed by atoms with Crippen LogP contribution in [0.25, 0.3) is 0 Å². The molecular weight excluding hydrogens is 893 g/mol.